The van der Waals surface area contributed by atoms with Gasteiger partial charge in [0.05, 0.1) is 11.9 Å². The summed E-state index contributed by atoms with van der Waals surface area (Å²) in [6.45, 7) is 6.18. The fraction of sp³-hybridized carbons (Fsp3) is 0.526. The Morgan fingerprint density at radius 3 is 2.82 bits per heavy atom. The summed E-state index contributed by atoms with van der Waals surface area (Å²) in [6, 6.07) is 2.14. The molecule has 0 N–H and O–H groups in total. The highest BCUT2D eigenvalue weighted by Gasteiger charge is 2.21. The number of hydrogen-bond donors (Lipinski definition) is 0. The third kappa shape index (κ3) is 3.62. The van der Waals surface area contributed by atoms with Crippen LogP contribution >= 0.6 is 0 Å². The van der Waals surface area contributed by atoms with Crippen molar-refractivity contribution in [2.75, 3.05) is 19.8 Å². The zero-order chi connectivity index (χ0) is 19.5. The van der Waals surface area contributed by atoms with Gasteiger partial charge in [0.2, 0.25) is 5.89 Å². The van der Waals surface area contributed by atoms with Crippen LogP contribution in [-0.2, 0) is 17.7 Å². The molecule has 1 aliphatic rings. The number of nitrogens with zero attached hydrogens (tertiary/aromatic N) is 6. The monoisotopic (exact) mass is 384 g/mol. The topological polar surface area (TPSA) is 99.2 Å². The first-order valence-corrected chi connectivity index (χ1v) is 9.70. The molecule has 9 heteroatoms. The fourth-order valence-electron chi connectivity index (χ4n) is 3.44. The van der Waals surface area contributed by atoms with E-state index in [4.69, 9.17) is 9.26 Å². The number of imidazole rings is 1. The van der Waals surface area contributed by atoms with Gasteiger partial charge in [0.25, 0.3) is 5.91 Å². The van der Waals surface area contributed by atoms with E-state index in [-0.39, 0.29) is 12.5 Å². The first kappa shape index (κ1) is 18.5. The molecule has 1 saturated heterocycles. The second kappa shape index (κ2) is 8.05. The summed E-state index contributed by atoms with van der Waals surface area (Å²) in [6.07, 6.45) is 6.02. The Labute approximate surface area is 162 Å². The molecule has 28 heavy (non-hydrogen) atoms. The number of amides is 1. The predicted molar refractivity (Wildman–Crippen MR) is 101 cm³/mol. The van der Waals surface area contributed by atoms with Gasteiger partial charge in [-0.05, 0) is 25.8 Å². The maximum Gasteiger partial charge on any atom is 0.255 e. The third-order valence-corrected chi connectivity index (χ3v) is 5.07. The number of rotatable bonds is 6. The lowest BCUT2D eigenvalue weighted by atomic mass is 10.1. The van der Waals surface area contributed by atoms with Crippen LogP contribution < -0.4 is 0 Å². The number of carbonyl (C=O) groups excluding carboxylic acids is 1. The first-order valence-electron chi connectivity index (χ1n) is 9.70. The molecule has 0 aliphatic carbocycles. The van der Waals surface area contributed by atoms with E-state index in [1.54, 1.807) is 17.2 Å². The Kier molecular flexibility index (Phi) is 5.34. The molecule has 4 heterocycles. The standard InChI is InChI=1S/C19H24N6O3/c1-3-16-22-17(28-23-16)11-24(4-2)19(26)13-9-15-18(20-10-13)25(12-21-15)14-5-7-27-8-6-14/h9-10,12,14H,3-8,11H2,1-2H3. The van der Waals surface area contributed by atoms with Gasteiger partial charge in [0.15, 0.2) is 11.5 Å². The van der Waals surface area contributed by atoms with Crippen LogP contribution in [0.15, 0.2) is 23.1 Å². The van der Waals surface area contributed by atoms with Gasteiger partial charge in [-0.2, -0.15) is 4.98 Å². The summed E-state index contributed by atoms with van der Waals surface area (Å²) >= 11 is 0. The maximum absolute atomic E-state index is 13.0. The molecule has 0 unspecified atom stereocenters. The Hall–Kier alpha value is -2.81. The quantitative estimate of drug-likeness (QED) is 0.643. The van der Waals surface area contributed by atoms with Crippen LogP contribution in [0.25, 0.3) is 11.2 Å². The van der Waals surface area contributed by atoms with Gasteiger partial charge in [-0.1, -0.05) is 12.1 Å². The van der Waals surface area contributed by atoms with Gasteiger partial charge in [-0.15, -0.1) is 0 Å². The summed E-state index contributed by atoms with van der Waals surface area (Å²) in [4.78, 5) is 27.9. The fourth-order valence-corrected chi connectivity index (χ4v) is 3.44. The van der Waals surface area contributed by atoms with Gasteiger partial charge in [0, 0.05) is 38.4 Å². The highest BCUT2D eigenvalue weighted by atomic mass is 16.5. The lowest BCUT2D eigenvalue weighted by Crippen LogP contribution is -2.30. The third-order valence-electron chi connectivity index (χ3n) is 5.07. The van der Waals surface area contributed by atoms with Crippen LogP contribution in [0.4, 0.5) is 0 Å². The van der Waals surface area contributed by atoms with Gasteiger partial charge in [-0.25, -0.2) is 9.97 Å². The lowest BCUT2D eigenvalue weighted by molar-refractivity contribution is 0.0704. The molecule has 0 aromatic carbocycles. The molecule has 0 spiro atoms. The maximum atomic E-state index is 13.0. The van der Waals surface area contributed by atoms with Crippen LogP contribution in [0.1, 0.15) is 54.8 Å². The summed E-state index contributed by atoms with van der Waals surface area (Å²) < 4.78 is 12.7. The van der Waals surface area contributed by atoms with Crippen LogP contribution in [0.3, 0.4) is 0 Å². The minimum Gasteiger partial charge on any atom is -0.381 e. The minimum atomic E-state index is -0.131. The molecule has 9 nitrogen and oxygen atoms in total. The van der Waals surface area contributed by atoms with E-state index in [2.05, 4.69) is 24.7 Å². The minimum absolute atomic E-state index is 0.131. The van der Waals surface area contributed by atoms with E-state index in [0.717, 1.165) is 37.2 Å². The summed E-state index contributed by atoms with van der Waals surface area (Å²) in [5.41, 5.74) is 2.03. The van der Waals surface area contributed by atoms with E-state index in [1.165, 1.54) is 0 Å². The number of aromatic nitrogens is 5. The van der Waals surface area contributed by atoms with Gasteiger partial charge >= 0.3 is 0 Å². The molecular weight excluding hydrogens is 360 g/mol. The number of ether oxygens (including phenoxy) is 1. The molecular formula is C19H24N6O3. The number of carbonyl (C=O) groups is 1. The van der Waals surface area contributed by atoms with Crippen LogP contribution in [0.2, 0.25) is 0 Å². The molecule has 1 aliphatic heterocycles. The zero-order valence-electron chi connectivity index (χ0n) is 16.2. The number of fused-ring (bicyclic) bond motifs is 1. The molecule has 3 aromatic heterocycles. The van der Waals surface area contributed by atoms with Crippen molar-refractivity contribution in [2.45, 2.75) is 45.7 Å². The van der Waals surface area contributed by atoms with Crippen molar-refractivity contribution in [3.63, 3.8) is 0 Å². The molecule has 0 bridgehead atoms. The van der Waals surface area contributed by atoms with E-state index in [0.29, 0.717) is 36.3 Å². The molecule has 3 aromatic rings. The Bertz CT molecular complexity index is 960. The first-order chi connectivity index (χ1) is 13.7. The van der Waals surface area contributed by atoms with Crippen LogP contribution in [0.5, 0.6) is 0 Å². The second-order valence-corrected chi connectivity index (χ2v) is 6.84. The number of hydrogen-bond acceptors (Lipinski definition) is 7. The zero-order valence-corrected chi connectivity index (χ0v) is 16.2. The SMILES string of the molecule is CCc1noc(CN(CC)C(=O)c2cnc3c(c2)ncn3C2CCOCC2)n1. The molecule has 0 radical (unpaired) electrons. The van der Waals surface area contributed by atoms with Crippen molar-refractivity contribution in [1.29, 1.82) is 0 Å². The molecule has 148 valence electrons. The van der Waals surface area contributed by atoms with Crippen molar-refractivity contribution in [3.05, 3.63) is 35.9 Å². The van der Waals surface area contributed by atoms with Crippen molar-refractivity contribution < 1.29 is 14.1 Å². The van der Waals surface area contributed by atoms with E-state index >= 15 is 0 Å². The highest BCUT2D eigenvalue weighted by Crippen LogP contribution is 2.25. The Morgan fingerprint density at radius 2 is 2.11 bits per heavy atom. The van der Waals surface area contributed by atoms with E-state index in [9.17, 15) is 4.79 Å². The molecule has 4 rings (SSSR count). The van der Waals surface area contributed by atoms with Crippen LogP contribution in [-0.4, -0.2) is 55.2 Å². The van der Waals surface area contributed by atoms with Crippen molar-refractivity contribution in [3.8, 4) is 0 Å². The van der Waals surface area contributed by atoms with E-state index in [1.807, 2.05) is 20.2 Å². The number of aryl methyl sites for hydroxylation is 1. The van der Waals surface area contributed by atoms with Crippen LogP contribution in [0, 0.1) is 0 Å². The summed E-state index contributed by atoms with van der Waals surface area (Å²) in [7, 11) is 0. The van der Waals surface area contributed by atoms with Gasteiger partial charge in [-0.3, -0.25) is 4.79 Å². The molecule has 0 saturated carbocycles. The number of pyridine rings is 1. The van der Waals surface area contributed by atoms with E-state index < -0.39 is 0 Å². The Morgan fingerprint density at radius 1 is 1.29 bits per heavy atom. The average molecular weight is 384 g/mol. The smallest absolute Gasteiger partial charge is 0.255 e. The second-order valence-electron chi connectivity index (χ2n) is 6.84. The average Bonchev–Trinajstić information content (AvgIpc) is 3.38. The summed E-state index contributed by atoms with van der Waals surface area (Å²) in [5, 5.41) is 3.88. The Balaban J connectivity index is 1.54. The summed E-state index contributed by atoms with van der Waals surface area (Å²) in [5.74, 6) is 0.943. The highest BCUT2D eigenvalue weighted by molar-refractivity contribution is 5.96. The lowest BCUT2D eigenvalue weighted by Gasteiger charge is -2.23. The normalized spacial score (nSPS) is 15.2. The van der Waals surface area contributed by atoms with Crippen molar-refractivity contribution in [1.82, 2.24) is 29.6 Å². The molecule has 0 atom stereocenters. The molecule has 1 amide bonds. The van der Waals surface area contributed by atoms with Gasteiger partial charge < -0.3 is 18.7 Å². The largest absolute Gasteiger partial charge is 0.381 e. The van der Waals surface area contributed by atoms with Crippen molar-refractivity contribution in [2.24, 2.45) is 0 Å². The predicted octanol–water partition coefficient (Wildman–Crippen LogP) is 2.39. The van der Waals surface area contributed by atoms with Crippen molar-refractivity contribution >= 4 is 17.1 Å². The molecule has 1 fully saturated rings. The van der Waals surface area contributed by atoms with Gasteiger partial charge in [0.1, 0.15) is 12.1 Å².